The molecule has 0 aromatic rings. The summed E-state index contributed by atoms with van der Waals surface area (Å²) in [6, 6.07) is 0. The van der Waals surface area contributed by atoms with Crippen molar-refractivity contribution in [1.82, 2.24) is 5.32 Å². The molecule has 1 aliphatic heterocycles. The van der Waals surface area contributed by atoms with Crippen molar-refractivity contribution < 1.29 is 9.59 Å². The maximum Gasteiger partial charge on any atom is 0.230 e. The number of hydrogen-bond donors (Lipinski definition) is 1. The molecule has 0 fully saturated rings. The first kappa shape index (κ1) is 11.6. The smallest absolute Gasteiger partial charge is 0.230 e. The van der Waals surface area contributed by atoms with Gasteiger partial charge in [-0.25, -0.2) is 4.99 Å². The first-order valence-corrected chi connectivity index (χ1v) is 4.89. The second-order valence-corrected chi connectivity index (χ2v) is 4.76. The summed E-state index contributed by atoms with van der Waals surface area (Å²) in [5, 5.41) is 2.55. The fourth-order valence-electron chi connectivity index (χ4n) is 1.03. The summed E-state index contributed by atoms with van der Waals surface area (Å²) in [5.74, 6) is -0.171. The second kappa shape index (κ2) is 3.96. The Kier molecular flexibility index (Phi) is 3.07. The summed E-state index contributed by atoms with van der Waals surface area (Å²) in [7, 11) is 0. The fraction of sp³-hybridized carbons (Fsp3) is 0.545. The van der Waals surface area contributed by atoms with E-state index in [4.69, 9.17) is 0 Å². The van der Waals surface area contributed by atoms with Crippen LogP contribution in [0.15, 0.2) is 16.8 Å². The number of hydrogen-bond acceptors (Lipinski definition) is 3. The number of allylic oxidation sites excluding steroid dienone is 1. The lowest BCUT2D eigenvalue weighted by Crippen LogP contribution is -2.43. The summed E-state index contributed by atoms with van der Waals surface area (Å²) in [6.07, 6.45) is 1.95. The predicted octanol–water partition coefficient (Wildman–Crippen LogP) is 1.42. The SMILES string of the molecule is CC1=CN=C(NC(=O)C(C)(C)C)C(=O)C1. The van der Waals surface area contributed by atoms with E-state index in [1.165, 1.54) is 0 Å². The van der Waals surface area contributed by atoms with Crippen LogP contribution in [0.3, 0.4) is 0 Å². The van der Waals surface area contributed by atoms with Crippen LogP contribution < -0.4 is 5.32 Å². The van der Waals surface area contributed by atoms with Crippen LogP contribution in [0.2, 0.25) is 0 Å². The molecule has 15 heavy (non-hydrogen) atoms. The molecule has 0 aliphatic carbocycles. The summed E-state index contributed by atoms with van der Waals surface area (Å²) >= 11 is 0. The molecule has 0 unspecified atom stereocenters. The van der Waals surface area contributed by atoms with Gasteiger partial charge in [-0.3, -0.25) is 9.59 Å². The third-order valence-electron chi connectivity index (χ3n) is 2.03. The molecular formula is C11H16N2O2. The standard InChI is InChI=1S/C11H16N2O2/c1-7-5-8(14)9(12-6-7)13-10(15)11(2,3)4/h6H,5H2,1-4H3,(H,12,13,15). The molecule has 0 bridgehead atoms. The Morgan fingerprint density at radius 2 is 2.07 bits per heavy atom. The minimum absolute atomic E-state index is 0.132. The minimum atomic E-state index is -0.515. The molecule has 82 valence electrons. The van der Waals surface area contributed by atoms with Crippen molar-refractivity contribution in [3.63, 3.8) is 0 Å². The van der Waals surface area contributed by atoms with Crippen LogP contribution in [-0.2, 0) is 9.59 Å². The van der Waals surface area contributed by atoms with Gasteiger partial charge in [0.15, 0.2) is 5.84 Å². The number of nitrogens with zero attached hydrogens (tertiary/aromatic N) is 1. The normalized spacial score (nSPS) is 16.9. The Labute approximate surface area is 89.5 Å². The Hall–Kier alpha value is -1.45. The zero-order valence-electron chi connectivity index (χ0n) is 9.55. The Bertz CT molecular complexity index is 359. The van der Waals surface area contributed by atoms with E-state index in [-0.39, 0.29) is 17.5 Å². The summed E-state index contributed by atoms with van der Waals surface area (Å²) < 4.78 is 0. The molecule has 0 saturated carbocycles. The summed E-state index contributed by atoms with van der Waals surface area (Å²) in [4.78, 5) is 27.0. The van der Waals surface area contributed by atoms with E-state index >= 15 is 0 Å². The highest BCUT2D eigenvalue weighted by Crippen LogP contribution is 2.13. The summed E-state index contributed by atoms with van der Waals surface area (Å²) in [5.41, 5.74) is 0.396. The van der Waals surface area contributed by atoms with E-state index in [0.29, 0.717) is 6.42 Å². The van der Waals surface area contributed by atoms with Crippen molar-refractivity contribution in [1.29, 1.82) is 0 Å². The van der Waals surface area contributed by atoms with Crippen molar-refractivity contribution in [2.45, 2.75) is 34.1 Å². The Balaban J connectivity index is 2.76. The molecule has 4 heteroatoms. The first-order chi connectivity index (χ1) is 6.80. The van der Waals surface area contributed by atoms with E-state index in [9.17, 15) is 9.59 Å². The Morgan fingerprint density at radius 1 is 1.47 bits per heavy atom. The molecule has 1 rings (SSSR count). The van der Waals surface area contributed by atoms with Crippen LogP contribution in [0.1, 0.15) is 34.1 Å². The van der Waals surface area contributed by atoms with E-state index in [0.717, 1.165) is 5.57 Å². The number of aliphatic imine (C=N–C) groups is 1. The average molecular weight is 208 g/mol. The third kappa shape index (κ3) is 3.01. The molecule has 0 aromatic carbocycles. The zero-order valence-corrected chi connectivity index (χ0v) is 9.55. The molecule has 1 amide bonds. The Morgan fingerprint density at radius 3 is 2.53 bits per heavy atom. The topological polar surface area (TPSA) is 58.5 Å². The van der Waals surface area contributed by atoms with Crippen LogP contribution in [0, 0.1) is 5.41 Å². The number of nitrogens with one attached hydrogen (secondary N) is 1. The summed E-state index contributed by atoms with van der Waals surface area (Å²) in [6.45, 7) is 7.20. The van der Waals surface area contributed by atoms with Crippen molar-refractivity contribution in [2.24, 2.45) is 10.4 Å². The van der Waals surface area contributed by atoms with Crippen molar-refractivity contribution >= 4 is 17.5 Å². The van der Waals surface area contributed by atoms with Gasteiger partial charge in [-0.05, 0) is 12.5 Å². The molecule has 4 nitrogen and oxygen atoms in total. The first-order valence-electron chi connectivity index (χ1n) is 4.89. The molecule has 1 heterocycles. The molecule has 1 N–H and O–H groups in total. The van der Waals surface area contributed by atoms with Gasteiger partial charge in [-0.1, -0.05) is 20.8 Å². The lowest BCUT2D eigenvalue weighted by Gasteiger charge is -2.19. The van der Waals surface area contributed by atoms with Crippen LogP contribution in [-0.4, -0.2) is 17.5 Å². The van der Waals surface area contributed by atoms with E-state index in [1.54, 1.807) is 27.0 Å². The van der Waals surface area contributed by atoms with Gasteiger partial charge in [-0.2, -0.15) is 0 Å². The molecule has 0 saturated heterocycles. The predicted molar refractivity (Wildman–Crippen MR) is 58.4 cm³/mol. The largest absolute Gasteiger partial charge is 0.307 e. The van der Waals surface area contributed by atoms with Gasteiger partial charge in [0.05, 0.1) is 0 Å². The van der Waals surface area contributed by atoms with E-state index < -0.39 is 5.41 Å². The highest BCUT2D eigenvalue weighted by molar-refractivity contribution is 6.42. The average Bonchev–Trinajstić information content (AvgIpc) is 2.08. The van der Waals surface area contributed by atoms with Crippen molar-refractivity contribution in [2.75, 3.05) is 0 Å². The van der Waals surface area contributed by atoms with Crippen LogP contribution in [0.25, 0.3) is 0 Å². The monoisotopic (exact) mass is 208 g/mol. The van der Waals surface area contributed by atoms with Gasteiger partial charge in [0.1, 0.15) is 0 Å². The lowest BCUT2D eigenvalue weighted by molar-refractivity contribution is -0.127. The quantitative estimate of drug-likeness (QED) is 0.654. The highest BCUT2D eigenvalue weighted by Gasteiger charge is 2.25. The number of carbonyl (C=O) groups excluding carboxylic acids is 2. The highest BCUT2D eigenvalue weighted by atomic mass is 16.2. The zero-order chi connectivity index (χ0) is 11.6. The van der Waals surface area contributed by atoms with Crippen molar-refractivity contribution in [3.05, 3.63) is 11.8 Å². The fourth-order valence-corrected chi connectivity index (χ4v) is 1.03. The molecule has 0 aromatic heterocycles. The van der Waals surface area contributed by atoms with Crippen LogP contribution in [0.5, 0.6) is 0 Å². The number of carbonyl (C=O) groups is 2. The molecular weight excluding hydrogens is 192 g/mol. The second-order valence-electron chi connectivity index (χ2n) is 4.76. The minimum Gasteiger partial charge on any atom is -0.307 e. The van der Waals surface area contributed by atoms with Crippen molar-refractivity contribution in [3.8, 4) is 0 Å². The van der Waals surface area contributed by atoms with Crippen LogP contribution >= 0.6 is 0 Å². The maximum absolute atomic E-state index is 11.6. The van der Waals surface area contributed by atoms with Crippen LogP contribution in [0.4, 0.5) is 0 Å². The number of rotatable bonds is 0. The number of Topliss-reactive ketones (excluding diaryl/α,β-unsaturated/α-hetero) is 1. The molecule has 1 aliphatic rings. The van der Waals surface area contributed by atoms with Gasteiger partial charge in [-0.15, -0.1) is 0 Å². The van der Waals surface area contributed by atoms with Gasteiger partial charge < -0.3 is 5.32 Å². The molecule has 0 spiro atoms. The van der Waals surface area contributed by atoms with E-state index in [1.807, 2.05) is 6.92 Å². The van der Waals surface area contributed by atoms with Gasteiger partial charge in [0.25, 0.3) is 0 Å². The number of amides is 1. The number of ketones is 1. The van der Waals surface area contributed by atoms with Gasteiger partial charge in [0, 0.05) is 18.0 Å². The lowest BCUT2D eigenvalue weighted by atomic mass is 9.95. The van der Waals surface area contributed by atoms with Gasteiger partial charge in [0.2, 0.25) is 11.7 Å². The van der Waals surface area contributed by atoms with E-state index in [2.05, 4.69) is 10.3 Å². The van der Waals surface area contributed by atoms with Gasteiger partial charge >= 0.3 is 0 Å². The molecule has 0 radical (unpaired) electrons. The maximum atomic E-state index is 11.6. The number of amidine groups is 1. The third-order valence-corrected chi connectivity index (χ3v) is 2.03. The molecule has 0 atom stereocenters.